The van der Waals surface area contributed by atoms with E-state index in [1.165, 1.54) is 0 Å². The summed E-state index contributed by atoms with van der Waals surface area (Å²) >= 11 is 0. The number of aryl methyl sites for hydroxylation is 2. The maximum absolute atomic E-state index is 12.6. The molecular weight excluding hydrogens is 340 g/mol. The third-order valence-corrected chi connectivity index (χ3v) is 5.43. The number of imidazole rings is 1. The van der Waals surface area contributed by atoms with Crippen molar-refractivity contribution in [3.05, 3.63) is 60.2 Å². The molecule has 0 aliphatic carbocycles. The molecule has 4 rings (SSSR count). The minimum absolute atomic E-state index is 0.117. The highest BCUT2D eigenvalue weighted by Crippen LogP contribution is 2.31. The number of carbonyl (C=O) groups excluding carboxylic acids is 1. The van der Waals surface area contributed by atoms with Gasteiger partial charge in [-0.15, -0.1) is 0 Å². The van der Waals surface area contributed by atoms with Gasteiger partial charge in [0.25, 0.3) is 0 Å². The number of likely N-dealkylation sites (tertiary alicyclic amines) is 1. The fourth-order valence-electron chi connectivity index (χ4n) is 3.69. The maximum atomic E-state index is 12.6. The number of hydrogen-bond acceptors (Lipinski definition) is 4. The van der Waals surface area contributed by atoms with Crippen LogP contribution in [0.1, 0.15) is 30.5 Å². The second kappa shape index (κ2) is 7.12. The molecule has 1 fully saturated rings. The summed E-state index contributed by atoms with van der Waals surface area (Å²) in [6.07, 6.45) is 5.03. The molecule has 1 N–H and O–H groups in total. The molecule has 1 aromatic carbocycles. The number of fused-ring (bicyclic) bond motifs is 1. The smallest absolute Gasteiger partial charge is 0.224 e. The van der Waals surface area contributed by atoms with E-state index < -0.39 is 5.60 Å². The molecule has 0 bridgehead atoms. The van der Waals surface area contributed by atoms with Gasteiger partial charge in [0.1, 0.15) is 5.60 Å². The van der Waals surface area contributed by atoms with Crippen molar-refractivity contribution in [2.75, 3.05) is 13.1 Å². The van der Waals surface area contributed by atoms with Gasteiger partial charge in [0.15, 0.2) is 0 Å². The van der Waals surface area contributed by atoms with Crippen LogP contribution in [0.2, 0.25) is 0 Å². The van der Waals surface area contributed by atoms with E-state index in [1.807, 2.05) is 52.8 Å². The summed E-state index contributed by atoms with van der Waals surface area (Å²) in [6.45, 7) is 3.69. The van der Waals surface area contributed by atoms with Crippen LogP contribution in [-0.4, -0.2) is 43.5 Å². The van der Waals surface area contributed by atoms with E-state index in [2.05, 4.69) is 9.97 Å². The van der Waals surface area contributed by atoms with Crippen LogP contribution in [0.4, 0.5) is 0 Å². The maximum Gasteiger partial charge on any atom is 0.224 e. The lowest BCUT2D eigenvalue weighted by atomic mass is 9.87. The number of amides is 1. The zero-order valence-electron chi connectivity index (χ0n) is 15.5. The van der Waals surface area contributed by atoms with Crippen molar-refractivity contribution < 1.29 is 9.90 Å². The number of piperidine rings is 1. The molecule has 2 aromatic heterocycles. The van der Waals surface area contributed by atoms with Crippen molar-refractivity contribution >= 4 is 16.9 Å². The van der Waals surface area contributed by atoms with E-state index in [0.717, 1.165) is 16.6 Å². The molecule has 1 amide bonds. The standard InChI is InChI=1S/C21H24N4O2/c1-16-6-7-19(22-14-16)21(27)9-12-24(13-10-21)20(26)8-11-25-15-23-17-4-2-3-5-18(17)25/h2-7,14-15,27H,8-13H2,1H3. The number of nitrogens with zero attached hydrogens (tertiary/aromatic N) is 4. The van der Waals surface area contributed by atoms with Crippen molar-refractivity contribution in [3.63, 3.8) is 0 Å². The van der Waals surface area contributed by atoms with Crippen molar-refractivity contribution in [2.24, 2.45) is 0 Å². The highest BCUT2D eigenvalue weighted by molar-refractivity contribution is 5.77. The van der Waals surface area contributed by atoms with Gasteiger partial charge in [-0.2, -0.15) is 0 Å². The summed E-state index contributed by atoms with van der Waals surface area (Å²) in [5.74, 6) is 0.117. The Morgan fingerprint density at radius 3 is 2.67 bits per heavy atom. The Balaban J connectivity index is 1.35. The van der Waals surface area contributed by atoms with Crippen molar-refractivity contribution in [3.8, 4) is 0 Å². The van der Waals surface area contributed by atoms with E-state index in [4.69, 9.17) is 0 Å². The van der Waals surface area contributed by atoms with E-state index in [-0.39, 0.29) is 5.91 Å². The van der Waals surface area contributed by atoms with Crippen LogP contribution >= 0.6 is 0 Å². The summed E-state index contributed by atoms with van der Waals surface area (Å²) in [5.41, 5.74) is 2.82. The number of aromatic nitrogens is 3. The van der Waals surface area contributed by atoms with Gasteiger partial charge in [-0.25, -0.2) is 4.98 Å². The average Bonchev–Trinajstić information content (AvgIpc) is 3.10. The molecule has 1 aliphatic heterocycles. The highest BCUT2D eigenvalue weighted by Gasteiger charge is 2.36. The largest absolute Gasteiger partial charge is 0.383 e. The Kier molecular flexibility index (Phi) is 4.66. The minimum atomic E-state index is -0.939. The second-order valence-electron chi connectivity index (χ2n) is 7.31. The summed E-state index contributed by atoms with van der Waals surface area (Å²) < 4.78 is 2.02. The third-order valence-electron chi connectivity index (χ3n) is 5.43. The second-order valence-corrected chi connectivity index (χ2v) is 7.31. The van der Waals surface area contributed by atoms with Gasteiger partial charge >= 0.3 is 0 Å². The monoisotopic (exact) mass is 364 g/mol. The SMILES string of the molecule is Cc1ccc(C2(O)CCN(C(=O)CCn3cnc4ccccc43)CC2)nc1. The first-order valence-corrected chi connectivity index (χ1v) is 9.38. The van der Waals surface area contributed by atoms with Gasteiger partial charge in [0, 0.05) is 32.3 Å². The molecule has 3 aromatic rings. The highest BCUT2D eigenvalue weighted by atomic mass is 16.3. The van der Waals surface area contributed by atoms with Gasteiger partial charge < -0.3 is 14.6 Å². The van der Waals surface area contributed by atoms with Crippen molar-refractivity contribution in [2.45, 2.75) is 38.3 Å². The average molecular weight is 364 g/mol. The first-order chi connectivity index (χ1) is 13.0. The normalized spacial score (nSPS) is 16.6. The number of aliphatic hydroxyl groups is 1. The molecule has 1 saturated heterocycles. The van der Waals surface area contributed by atoms with Gasteiger partial charge in [0.2, 0.25) is 5.91 Å². The number of rotatable bonds is 4. The van der Waals surface area contributed by atoms with Crippen LogP contribution < -0.4 is 0 Å². The third kappa shape index (κ3) is 3.57. The molecule has 27 heavy (non-hydrogen) atoms. The molecule has 0 saturated carbocycles. The predicted octanol–water partition coefficient (Wildman–Crippen LogP) is 2.64. The van der Waals surface area contributed by atoms with E-state index in [9.17, 15) is 9.90 Å². The van der Waals surface area contributed by atoms with E-state index in [1.54, 1.807) is 12.5 Å². The quantitative estimate of drug-likeness (QED) is 0.773. The Bertz CT molecular complexity index is 940. The molecule has 6 heteroatoms. The Hall–Kier alpha value is -2.73. The molecule has 3 heterocycles. The Morgan fingerprint density at radius 1 is 1.15 bits per heavy atom. The molecule has 0 unspecified atom stereocenters. The van der Waals surface area contributed by atoms with Gasteiger partial charge in [-0.05, 0) is 43.5 Å². The van der Waals surface area contributed by atoms with E-state index >= 15 is 0 Å². The lowest BCUT2D eigenvalue weighted by Crippen LogP contribution is -2.45. The first-order valence-electron chi connectivity index (χ1n) is 9.38. The lowest BCUT2D eigenvalue weighted by Gasteiger charge is -2.38. The van der Waals surface area contributed by atoms with Crippen molar-refractivity contribution in [1.82, 2.24) is 19.4 Å². The fraction of sp³-hybridized carbons (Fsp3) is 0.381. The number of hydrogen-bond donors (Lipinski definition) is 1. The molecule has 0 atom stereocenters. The van der Waals surface area contributed by atoms with Gasteiger partial charge in [-0.3, -0.25) is 9.78 Å². The Labute approximate surface area is 158 Å². The number of benzene rings is 1. The fourth-order valence-corrected chi connectivity index (χ4v) is 3.69. The van der Waals surface area contributed by atoms with Gasteiger partial charge in [0.05, 0.1) is 23.1 Å². The number of para-hydroxylation sites is 2. The van der Waals surface area contributed by atoms with Crippen LogP contribution in [0.15, 0.2) is 48.9 Å². The molecule has 1 aliphatic rings. The minimum Gasteiger partial charge on any atom is -0.383 e. The zero-order valence-corrected chi connectivity index (χ0v) is 15.5. The summed E-state index contributed by atoms with van der Waals surface area (Å²) in [5, 5.41) is 10.9. The molecule has 0 spiro atoms. The predicted molar refractivity (Wildman–Crippen MR) is 103 cm³/mol. The zero-order chi connectivity index (χ0) is 18.9. The Morgan fingerprint density at radius 2 is 1.93 bits per heavy atom. The van der Waals surface area contributed by atoms with Gasteiger partial charge in [-0.1, -0.05) is 18.2 Å². The molecule has 140 valence electrons. The first kappa shape index (κ1) is 17.7. The number of carbonyl (C=O) groups is 1. The summed E-state index contributed by atoms with van der Waals surface area (Å²) in [7, 11) is 0. The van der Waals surface area contributed by atoms with Crippen LogP contribution in [0.5, 0.6) is 0 Å². The van der Waals surface area contributed by atoms with Crippen LogP contribution in [0, 0.1) is 6.92 Å². The lowest BCUT2D eigenvalue weighted by molar-refractivity contribution is -0.136. The summed E-state index contributed by atoms with van der Waals surface area (Å²) in [4.78, 5) is 23.2. The summed E-state index contributed by atoms with van der Waals surface area (Å²) in [6, 6.07) is 11.8. The molecular formula is C21H24N4O2. The van der Waals surface area contributed by atoms with Crippen LogP contribution in [-0.2, 0) is 16.9 Å². The topological polar surface area (TPSA) is 71.2 Å². The number of pyridine rings is 1. The van der Waals surface area contributed by atoms with Crippen molar-refractivity contribution in [1.29, 1.82) is 0 Å². The van der Waals surface area contributed by atoms with E-state index in [0.29, 0.717) is 44.6 Å². The van der Waals surface area contributed by atoms with Crippen LogP contribution in [0.3, 0.4) is 0 Å². The molecule has 0 radical (unpaired) electrons. The van der Waals surface area contributed by atoms with Crippen LogP contribution in [0.25, 0.3) is 11.0 Å². The molecule has 6 nitrogen and oxygen atoms in total.